The fourth-order valence-corrected chi connectivity index (χ4v) is 3.17. The van der Waals surface area contributed by atoms with Gasteiger partial charge in [-0.05, 0) is 43.3 Å². The van der Waals surface area contributed by atoms with Crippen LogP contribution >= 0.6 is 0 Å². The van der Waals surface area contributed by atoms with Crippen LogP contribution in [0.5, 0.6) is 11.5 Å². The van der Waals surface area contributed by atoms with Gasteiger partial charge in [0.25, 0.3) is 5.91 Å². The van der Waals surface area contributed by atoms with E-state index in [1.807, 2.05) is 0 Å². The van der Waals surface area contributed by atoms with Crippen LogP contribution in [-0.2, 0) is 9.59 Å². The van der Waals surface area contributed by atoms with E-state index in [0.717, 1.165) is 0 Å². The minimum Gasteiger partial charge on any atom is -0.503 e. The lowest BCUT2D eigenvalue weighted by Gasteiger charge is -2.28. The molecule has 0 spiro atoms. The lowest BCUT2D eigenvalue weighted by molar-refractivity contribution is -0.117. The van der Waals surface area contributed by atoms with Crippen LogP contribution in [0.3, 0.4) is 0 Å². The van der Waals surface area contributed by atoms with Crippen LogP contribution in [0.25, 0.3) is 0 Å². The first-order valence-corrected chi connectivity index (χ1v) is 8.14. The summed E-state index contributed by atoms with van der Waals surface area (Å²) in [6.45, 7) is 1.27. The Bertz CT molecular complexity index is 936. The predicted octanol–water partition coefficient (Wildman–Crippen LogP) is 3.33. The second-order valence-electron chi connectivity index (χ2n) is 5.98. The third-order valence-corrected chi connectivity index (χ3v) is 4.43. The highest BCUT2D eigenvalue weighted by atomic mass is 19.1. The number of Topliss-reactive ketones (excluding diaryl/α,β-unsaturated/α-hetero) is 1. The van der Waals surface area contributed by atoms with E-state index in [4.69, 9.17) is 9.47 Å². The van der Waals surface area contributed by atoms with Crippen LogP contribution in [0, 0.1) is 5.82 Å². The summed E-state index contributed by atoms with van der Waals surface area (Å²) in [5.74, 6) is -1.37. The van der Waals surface area contributed by atoms with Crippen molar-refractivity contribution in [2.45, 2.75) is 13.0 Å². The van der Waals surface area contributed by atoms with Crippen molar-refractivity contribution in [1.82, 2.24) is 0 Å². The molecule has 1 aliphatic rings. The zero-order chi connectivity index (χ0) is 19.7. The van der Waals surface area contributed by atoms with Crippen molar-refractivity contribution in [2.75, 3.05) is 19.1 Å². The number of methoxy groups -OCH3 is 2. The standard InChI is InChI=1S/C20H18FNO5/c1-11(23)17-18(15-9-8-14(26-2)10-16(15)27-3)22(20(25)19(17)24)13-6-4-12(21)5-7-13/h4-10,18,24H,1-3H3. The fraction of sp³-hybridized carbons (Fsp3) is 0.200. The van der Waals surface area contributed by atoms with Crippen LogP contribution in [0.15, 0.2) is 53.8 Å². The number of rotatable bonds is 5. The molecule has 2 aromatic rings. The Labute approximate surface area is 155 Å². The molecule has 3 rings (SSSR count). The number of halogens is 1. The molecule has 0 aromatic heterocycles. The summed E-state index contributed by atoms with van der Waals surface area (Å²) < 4.78 is 23.9. The molecular weight excluding hydrogens is 353 g/mol. The van der Waals surface area contributed by atoms with Gasteiger partial charge in [-0.25, -0.2) is 4.39 Å². The number of amides is 1. The van der Waals surface area contributed by atoms with Crippen LogP contribution in [-0.4, -0.2) is 31.0 Å². The summed E-state index contributed by atoms with van der Waals surface area (Å²) in [6, 6.07) is 9.25. The fourth-order valence-electron chi connectivity index (χ4n) is 3.17. The molecule has 1 N–H and O–H groups in total. The van der Waals surface area contributed by atoms with Crippen molar-refractivity contribution < 1.29 is 28.6 Å². The van der Waals surface area contributed by atoms with E-state index in [2.05, 4.69) is 0 Å². The summed E-state index contributed by atoms with van der Waals surface area (Å²) in [5, 5.41) is 10.3. The number of carbonyl (C=O) groups excluding carboxylic acids is 2. The molecule has 0 saturated heterocycles. The van der Waals surface area contributed by atoms with Gasteiger partial charge in [0.2, 0.25) is 0 Å². The topological polar surface area (TPSA) is 76.1 Å². The average Bonchev–Trinajstić information content (AvgIpc) is 2.93. The molecule has 2 aromatic carbocycles. The van der Waals surface area contributed by atoms with Gasteiger partial charge in [-0.3, -0.25) is 14.5 Å². The molecule has 1 atom stereocenters. The van der Waals surface area contributed by atoms with E-state index in [1.165, 1.54) is 50.3 Å². The number of ether oxygens (including phenoxy) is 2. The normalized spacial score (nSPS) is 16.7. The molecule has 27 heavy (non-hydrogen) atoms. The highest BCUT2D eigenvalue weighted by Gasteiger charge is 2.44. The smallest absolute Gasteiger partial charge is 0.294 e. The van der Waals surface area contributed by atoms with E-state index < -0.39 is 29.3 Å². The minimum atomic E-state index is -0.915. The Balaban J connectivity index is 2.22. The average molecular weight is 371 g/mol. The Morgan fingerprint density at radius 2 is 1.78 bits per heavy atom. The maximum Gasteiger partial charge on any atom is 0.294 e. The second-order valence-corrected chi connectivity index (χ2v) is 5.98. The number of carbonyl (C=O) groups is 2. The number of aliphatic hydroxyl groups excluding tert-OH is 1. The van der Waals surface area contributed by atoms with Crippen molar-refractivity contribution in [3.8, 4) is 11.5 Å². The Morgan fingerprint density at radius 3 is 2.33 bits per heavy atom. The monoisotopic (exact) mass is 371 g/mol. The van der Waals surface area contributed by atoms with Crippen molar-refractivity contribution in [2.24, 2.45) is 0 Å². The van der Waals surface area contributed by atoms with Gasteiger partial charge >= 0.3 is 0 Å². The Morgan fingerprint density at radius 1 is 1.11 bits per heavy atom. The van der Waals surface area contributed by atoms with Crippen molar-refractivity contribution >= 4 is 17.4 Å². The highest BCUT2D eigenvalue weighted by Crippen LogP contribution is 2.44. The largest absolute Gasteiger partial charge is 0.503 e. The molecular formula is C20H18FNO5. The van der Waals surface area contributed by atoms with Crippen LogP contribution in [0.4, 0.5) is 10.1 Å². The first-order chi connectivity index (χ1) is 12.9. The van der Waals surface area contributed by atoms with Crippen molar-refractivity contribution in [3.63, 3.8) is 0 Å². The van der Waals surface area contributed by atoms with E-state index >= 15 is 0 Å². The molecule has 6 nitrogen and oxygen atoms in total. The summed E-state index contributed by atoms with van der Waals surface area (Å²) >= 11 is 0. The molecule has 0 saturated carbocycles. The number of aliphatic hydroxyl groups is 1. The SMILES string of the molecule is COc1ccc(C2C(C(C)=O)=C(O)C(=O)N2c2ccc(F)cc2)c(OC)c1. The van der Waals surface area contributed by atoms with Crippen molar-refractivity contribution in [3.05, 3.63) is 65.2 Å². The van der Waals surface area contributed by atoms with E-state index in [9.17, 15) is 19.1 Å². The Kier molecular flexibility index (Phi) is 4.85. The summed E-state index contributed by atoms with van der Waals surface area (Å²) in [7, 11) is 2.96. The first kappa shape index (κ1) is 18.4. The van der Waals surface area contributed by atoms with Crippen LogP contribution < -0.4 is 14.4 Å². The highest BCUT2D eigenvalue weighted by molar-refractivity contribution is 6.16. The number of hydrogen-bond donors (Lipinski definition) is 1. The van der Waals surface area contributed by atoms with Crippen molar-refractivity contribution in [1.29, 1.82) is 0 Å². The second kappa shape index (κ2) is 7.11. The third-order valence-electron chi connectivity index (χ3n) is 4.43. The van der Waals surface area contributed by atoms with E-state index in [1.54, 1.807) is 18.2 Å². The number of benzene rings is 2. The molecule has 0 fully saturated rings. The van der Waals surface area contributed by atoms with Crippen LogP contribution in [0.2, 0.25) is 0 Å². The van der Waals surface area contributed by atoms with Gasteiger partial charge in [0.05, 0.1) is 25.8 Å². The number of ketones is 1. The molecule has 140 valence electrons. The summed E-state index contributed by atoms with van der Waals surface area (Å²) in [5.41, 5.74) is 0.782. The number of nitrogens with zero attached hydrogens (tertiary/aromatic N) is 1. The van der Waals surface area contributed by atoms with Gasteiger partial charge in [-0.1, -0.05) is 0 Å². The molecule has 1 unspecified atom stereocenters. The van der Waals surface area contributed by atoms with Gasteiger partial charge in [0.15, 0.2) is 11.5 Å². The molecule has 0 bridgehead atoms. The molecule has 1 heterocycles. The van der Waals surface area contributed by atoms with Gasteiger partial charge < -0.3 is 14.6 Å². The lowest BCUT2D eigenvalue weighted by Crippen LogP contribution is -2.31. The number of anilines is 1. The predicted molar refractivity (Wildman–Crippen MR) is 96.5 cm³/mol. The van der Waals surface area contributed by atoms with Gasteiger partial charge in [-0.2, -0.15) is 0 Å². The molecule has 0 aliphatic carbocycles. The minimum absolute atomic E-state index is 0.0483. The first-order valence-electron chi connectivity index (χ1n) is 8.14. The zero-order valence-electron chi connectivity index (χ0n) is 15.0. The zero-order valence-corrected chi connectivity index (χ0v) is 15.0. The Hall–Kier alpha value is -3.35. The third kappa shape index (κ3) is 3.12. The van der Waals surface area contributed by atoms with Crippen LogP contribution in [0.1, 0.15) is 18.5 Å². The maximum absolute atomic E-state index is 13.3. The maximum atomic E-state index is 13.3. The summed E-state index contributed by atoms with van der Waals surface area (Å²) in [6.07, 6.45) is 0. The lowest BCUT2D eigenvalue weighted by atomic mass is 9.95. The molecule has 7 heteroatoms. The van der Waals surface area contributed by atoms with E-state index in [-0.39, 0.29) is 5.57 Å². The van der Waals surface area contributed by atoms with Gasteiger partial charge in [0, 0.05) is 17.3 Å². The van der Waals surface area contributed by atoms with Gasteiger partial charge in [0.1, 0.15) is 17.3 Å². The quantitative estimate of drug-likeness (QED) is 0.872. The number of hydrogen-bond acceptors (Lipinski definition) is 5. The molecule has 1 amide bonds. The van der Waals surface area contributed by atoms with Gasteiger partial charge in [-0.15, -0.1) is 0 Å². The molecule has 0 radical (unpaired) electrons. The molecule has 1 aliphatic heterocycles. The summed E-state index contributed by atoms with van der Waals surface area (Å²) in [4.78, 5) is 26.2. The van der Waals surface area contributed by atoms with E-state index in [0.29, 0.717) is 22.7 Å².